The number of aliphatic hydroxyl groups excluding tert-OH is 1. The van der Waals surface area contributed by atoms with Gasteiger partial charge in [0.1, 0.15) is 12.4 Å². The van der Waals surface area contributed by atoms with Crippen molar-refractivity contribution in [2.24, 2.45) is 0 Å². The SMILES string of the molecule is C=CCCCC(O)COc1cccc(Cl)c1. The molecule has 16 heavy (non-hydrogen) atoms. The van der Waals surface area contributed by atoms with Crippen molar-refractivity contribution in [3.05, 3.63) is 41.9 Å². The van der Waals surface area contributed by atoms with Gasteiger partial charge in [0.15, 0.2) is 0 Å². The quantitative estimate of drug-likeness (QED) is 0.585. The molecule has 0 amide bonds. The van der Waals surface area contributed by atoms with Crippen LogP contribution >= 0.6 is 11.6 Å². The highest BCUT2D eigenvalue weighted by Gasteiger charge is 2.04. The van der Waals surface area contributed by atoms with Crippen LogP contribution in [0.1, 0.15) is 19.3 Å². The average Bonchev–Trinajstić information content (AvgIpc) is 2.27. The molecular weight excluding hydrogens is 224 g/mol. The van der Waals surface area contributed by atoms with Crippen molar-refractivity contribution in [3.63, 3.8) is 0 Å². The summed E-state index contributed by atoms with van der Waals surface area (Å²) in [4.78, 5) is 0. The standard InChI is InChI=1S/C13H17ClO2/c1-2-3-4-7-12(15)10-16-13-8-5-6-11(14)9-13/h2,5-6,8-9,12,15H,1,3-4,7,10H2. The zero-order valence-electron chi connectivity index (χ0n) is 9.23. The second kappa shape index (κ2) is 7.31. The number of halogens is 1. The van der Waals surface area contributed by atoms with E-state index in [1.165, 1.54) is 0 Å². The second-order valence-electron chi connectivity index (χ2n) is 3.64. The Morgan fingerprint density at radius 3 is 3.00 bits per heavy atom. The van der Waals surface area contributed by atoms with Gasteiger partial charge in [-0.1, -0.05) is 23.7 Å². The highest BCUT2D eigenvalue weighted by molar-refractivity contribution is 6.30. The summed E-state index contributed by atoms with van der Waals surface area (Å²) < 4.78 is 5.42. The molecule has 0 aliphatic carbocycles. The Hall–Kier alpha value is -0.990. The van der Waals surface area contributed by atoms with Gasteiger partial charge < -0.3 is 9.84 Å². The van der Waals surface area contributed by atoms with Gasteiger partial charge in [-0.2, -0.15) is 0 Å². The minimum atomic E-state index is -0.432. The summed E-state index contributed by atoms with van der Waals surface area (Å²) in [6.07, 6.45) is 4.01. The van der Waals surface area contributed by atoms with Gasteiger partial charge in [-0.05, 0) is 37.5 Å². The Morgan fingerprint density at radius 2 is 2.31 bits per heavy atom. The Morgan fingerprint density at radius 1 is 1.50 bits per heavy atom. The van der Waals surface area contributed by atoms with E-state index < -0.39 is 6.10 Å². The van der Waals surface area contributed by atoms with Crippen LogP contribution in [0.2, 0.25) is 5.02 Å². The normalized spacial score (nSPS) is 12.1. The number of rotatable bonds is 7. The molecule has 1 aromatic rings. The molecule has 3 heteroatoms. The summed E-state index contributed by atoms with van der Waals surface area (Å²) in [5, 5.41) is 10.3. The van der Waals surface area contributed by atoms with E-state index in [0.717, 1.165) is 19.3 Å². The van der Waals surface area contributed by atoms with Crippen molar-refractivity contribution in [3.8, 4) is 5.75 Å². The van der Waals surface area contributed by atoms with Gasteiger partial charge in [-0.25, -0.2) is 0 Å². The summed E-state index contributed by atoms with van der Waals surface area (Å²) in [5.41, 5.74) is 0. The Balaban J connectivity index is 2.25. The Kier molecular flexibility index (Phi) is 5.98. The zero-order chi connectivity index (χ0) is 11.8. The van der Waals surface area contributed by atoms with Gasteiger partial charge in [0, 0.05) is 5.02 Å². The monoisotopic (exact) mass is 240 g/mol. The maximum absolute atomic E-state index is 9.61. The third-order valence-corrected chi connectivity index (χ3v) is 2.42. The predicted octanol–water partition coefficient (Wildman–Crippen LogP) is 3.44. The molecule has 0 aromatic heterocycles. The summed E-state index contributed by atoms with van der Waals surface area (Å²) >= 11 is 5.81. The smallest absolute Gasteiger partial charge is 0.120 e. The summed E-state index contributed by atoms with van der Waals surface area (Å²) in [7, 11) is 0. The van der Waals surface area contributed by atoms with Crippen molar-refractivity contribution in [2.45, 2.75) is 25.4 Å². The third-order valence-electron chi connectivity index (χ3n) is 2.18. The minimum absolute atomic E-state index is 0.303. The van der Waals surface area contributed by atoms with Crippen LogP contribution in [0.4, 0.5) is 0 Å². The van der Waals surface area contributed by atoms with Crippen LogP contribution in [0, 0.1) is 0 Å². The lowest BCUT2D eigenvalue weighted by Crippen LogP contribution is -2.17. The van der Waals surface area contributed by atoms with Gasteiger partial charge in [-0.15, -0.1) is 6.58 Å². The van der Waals surface area contributed by atoms with Gasteiger partial charge >= 0.3 is 0 Å². The molecule has 0 aliphatic heterocycles. The van der Waals surface area contributed by atoms with E-state index in [-0.39, 0.29) is 0 Å². The molecule has 1 N–H and O–H groups in total. The highest BCUT2D eigenvalue weighted by Crippen LogP contribution is 2.17. The van der Waals surface area contributed by atoms with Crippen molar-refractivity contribution >= 4 is 11.6 Å². The number of unbranched alkanes of at least 4 members (excludes halogenated alkanes) is 1. The summed E-state index contributed by atoms with van der Waals surface area (Å²) in [6.45, 7) is 3.94. The first-order valence-corrected chi connectivity index (χ1v) is 5.77. The molecule has 0 saturated heterocycles. The first-order chi connectivity index (χ1) is 7.72. The van der Waals surface area contributed by atoms with Crippen molar-refractivity contribution < 1.29 is 9.84 Å². The number of hydrogen-bond acceptors (Lipinski definition) is 2. The maximum atomic E-state index is 9.61. The van der Waals surface area contributed by atoms with Crippen LogP contribution in [-0.2, 0) is 0 Å². The Labute approximate surface area is 102 Å². The number of hydrogen-bond donors (Lipinski definition) is 1. The topological polar surface area (TPSA) is 29.5 Å². The van der Waals surface area contributed by atoms with E-state index in [9.17, 15) is 5.11 Å². The van der Waals surface area contributed by atoms with Crippen molar-refractivity contribution in [1.82, 2.24) is 0 Å². The second-order valence-corrected chi connectivity index (χ2v) is 4.08. The largest absolute Gasteiger partial charge is 0.491 e. The molecule has 0 saturated carbocycles. The lowest BCUT2D eigenvalue weighted by atomic mass is 10.1. The number of aliphatic hydroxyl groups is 1. The van der Waals surface area contributed by atoms with Crippen LogP contribution in [0.25, 0.3) is 0 Å². The lowest BCUT2D eigenvalue weighted by Gasteiger charge is -2.11. The predicted molar refractivity (Wildman–Crippen MR) is 67.0 cm³/mol. The van der Waals surface area contributed by atoms with E-state index in [0.29, 0.717) is 17.4 Å². The van der Waals surface area contributed by atoms with E-state index in [4.69, 9.17) is 16.3 Å². The molecule has 88 valence electrons. The van der Waals surface area contributed by atoms with Crippen LogP contribution in [0.3, 0.4) is 0 Å². The fourth-order valence-electron chi connectivity index (χ4n) is 1.33. The first-order valence-electron chi connectivity index (χ1n) is 5.39. The van der Waals surface area contributed by atoms with Crippen LogP contribution in [0.15, 0.2) is 36.9 Å². The number of benzene rings is 1. The molecule has 0 bridgehead atoms. The van der Waals surface area contributed by atoms with E-state index in [1.54, 1.807) is 12.1 Å². The lowest BCUT2D eigenvalue weighted by molar-refractivity contribution is 0.0984. The fraction of sp³-hybridized carbons (Fsp3) is 0.385. The molecule has 0 radical (unpaired) electrons. The highest BCUT2D eigenvalue weighted by atomic mass is 35.5. The van der Waals surface area contributed by atoms with Crippen molar-refractivity contribution in [2.75, 3.05) is 6.61 Å². The molecule has 0 fully saturated rings. The fourth-order valence-corrected chi connectivity index (χ4v) is 1.51. The minimum Gasteiger partial charge on any atom is -0.491 e. The van der Waals surface area contributed by atoms with Gasteiger partial charge in [-0.3, -0.25) is 0 Å². The van der Waals surface area contributed by atoms with Gasteiger partial charge in [0.2, 0.25) is 0 Å². The van der Waals surface area contributed by atoms with E-state index in [2.05, 4.69) is 6.58 Å². The zero-order valence-corrected chi connectivity index (χ0v) is 9.99. The van der Waals surface area contributed by atoms with E-state index >= 15 is 0 Å². The molecule has 2 nitrogen and oxygen atoms in total. The molecule has 1 aromatic carbocycles. The summed E-state index contributed by atoms with van der Waals surface area (Å²) in [6, 6.07) is 7.16. The molecule has 1 rings (SSSR count). The number of ether oxygens (including phenoxy) is 1. The van der Waals surface area contributed by atoms with Crippen molar-refractivity contribution in [1.29, 1.82) is 0 Å². The molecular formula is C13H17ClO2. The number of allylic oxidation sites excluding steroid dienone is 1. The molecule has 1 atom stereocenters. The van der Waals surface area contributed by atoms with Crippen LogP contribution in [0.5, 0.6) is 5.75 Å². The third kappa shape index (κ3) is 5.19. The van der Waals surface area contributed by atoms with Gasteiger partial charge in [0.25, 0.3) is 0 Å². The Bertz CT molecular complexity index is 325. The van der Waals surface area contributed by atoms with Crippen LogP contribution < -0.4 is 4.74 Å². The molecule has 1 unspecified atom stereocenters. The van der Waals surface area contributed by atoms with Crippen LogP contribution in [-0.4, -0.2) is 17.8 Å². The maximum Gasteiger partial charge on any atom is 0.120 e. The molecule has 0 aliphatic rings. The van der Waals surface area contributed by atoms with E-state index in [1.807, 2.05) is 18.2 Å². The molecule has 0 spiro atoms. The summed E-state index contributed by atoms with van der Waals surface area (Å²) in [5.74, 6) is 0.690. The first kappa shape index (κ1) is 13.1. The van der Waals surface area contributed by atoms with Gasteiger partial charge in [0.05, 0.1) is 6.10 Å². The average molecular weight is 241 g/mol. The molecule has 0 heterocycles.